The number of amides is 3. The second kappa shape index (κ2) is 5.01. The normalized spacial score (nSPS) is 18.3. The van der Waals surface area contributed by atoms with Crippen LogP contribution in [-0.4, -0.2) is 63.4 Å². The Morgan fingerprint density at radius 1 is 1.17 bits per heavy atom. The molecule has 0 radical (unpaired) electrons. The van der Waals surface area contributed by atoms with E-state index in [1.807, 2.05) is 18.2 Å². The lowest BCUT2D eigenvalue weighted by atomic mass is 10.1. The molecule has 2 saturated heterocycles. The minimum absolute atomic E-state index is 0.223. The van der Waals surface area contributed by atoms with E-state index in [1.54, 1.807) is 6.07 Å². The highest BCUT2D eigenvalue weighted by Gasteiger charge is 2.44. The first-order valence-corrected chi connectivity index (χ1v) is 7.13. The van der Waals surface area contributed by atoms with Gasteiger partial charge in [0.25, 0.3) is 11.8 Å². The summed E-state index contributed by atoms with van der Waals surface area (Å²) in [6.07, 6.45) is 0.797. The van der Waals surface area contributed by atoms with Gasteiger partial charge in [-0.15, -0.1) is 0 Å². The van der Waals surface area contributed by atoms with Crippen molar-refractivity contribution in [3.63, 3.8) is 0 Å². The van der Waals surface area contributed by atoms with Crippen LogP contribution in [0.4, 0.5) is 4.79 Å². The maximum atomic E-state index is 12.4. The van der Waals surface area contributed by atoms with Crippen LogP contribution < -0.4 is 0 Å². The van der Waals surface area contributed by atoms with Crippen LogP contribution >= 0.6 is 0 Å². The predicted molar refractivity (Wildman–Crippen MR) is 77.4 cm³/mol. The number of hydrogen-bond donors (Lipinski definition) is 0. The maximum absolute atomic E-state index is 12.4. The van der Waals surface area contributed by atoms with Crippen molar-refractivity contribution in [2.24, 2.45) is 0 Å². The Hall–Kier alpha value is -3.03. The first-order chi connectivity index (χ1) is 11.1. The molecule has 23 heavy (non-hydrogen) atoms. The molecule has 3 heterocycles. The Morgan fingerprint density at radius 2 is 1.91 bits per heavy atom. The molecule has 2 aliphatic heterocycles. The largest absolute Gasteiger partial charge is 0.439 e. The number of nitrogens with zero attached hydrogens (tertiary/aromatic N) is 4. The number of cyclic esters (lactones) is 1. The van der Waals surface area contributed by atoms with Crippen LogP contribution in [0.3, 0.4) is 0 Å². The molecule has 0 spiro atoms. The van der Waals surface area contributed by atoms with Crippen molar-refractivity contribution in [3.05, 3.63) is 36.2 Å². The molecule has 1 aromatic carbocycles. The van der Waals surface area contributed by atoms with Gasteiger partial charge in [0.15, 0.2) is 6.61 Å². The molecule has 4 rings (SSSR count). The third-order valence-corrected chi connectivity index (χ3v) is 3.97. The molecule has 0 bridgehead atoms. The van der Waals surface area contributed by atoms with Crippen LogP contribution in [0.25, 0.3) is 11.0 Å². The fourth-order valence-corrected chi connectivity index (χ4v) is 2.72. The Labute approximate surface area is 130 Å². The lowest BCUT2D eigenvalue weighted by molar-refractivity contribution is -0.129. The smallest absolute Gasteiger partial charge is 0.417 e. The van der Waals surface area contributed by atoms with Gasteiger partial charge in [0, 0.05) is 13.1 Å². The number of fused-ring (bicyclic) bond motifs is 1. The van der Waals surface area contributed by atoms with E-state index in [4.69, 9.17) is 0 Å². The number of para-hydroxylation sites is 2. The van der Waals surface area contributed by atoms with Crippen LogP contribution in [0.2, 0.25) is 0 Å². The molecule has 0 atom stereocenters. The predicted octanol–water partition coefficient (Wildman–Crippen LogP) is 0.433. The molecule has 116 valence electrons. The zero-order valence-corrected chi connectivity index (χ0v) is 12.0. The van der Waals surface area contributed by atoms with Crippen molar-refractivity contribution in [2.75, 3.05) is 19.7 Å². The van der Waals surface area contributed by atoms with Gasteiger partial charge in [-0.25, -0.2) is 14.7 Å². The number of likely N-dealkylation sites (tertiary alicyclic amines) is 1. The summed E-state index contributed by atoms with van der Waals surface area (Å²) in [5.41, 5.74) is 1.61. The Bertz CT molecular complexity index is 815. The summed E-state index contributed by atoms with van der Waals surface area (Å²) in [7, 11) is 0. The number of benzene rings is 1. The van der Waals surface area contributed by atoms with Gasteiger partial charge in [-0.3, -0.25) is 14.6 Å². The van der Waals surface area contributed by atoms with Crippen LogP contribution in [0.5, 0.6) is 0 Å². The fourth-order valence-electron chi connectivity index (χ4n) is 2.72. The van der Waals surface area contributed by atoms with E-state index >= 15 is 0 Å². The molecular formula is C15H12N4O4. The molecule has 3 amide bonds. The van der Waals surface area contributed by atoms with Gasteiger partial charge < -0.3 is 9.64 Å². The van der Waals surface area contributed by atoms with E-state index in [0.29, 0.717) is 5.52 Å². The number of ether oxygens (including phenoxy) is 1. The summed E-state index contributed by atoms with van der Waals surface area (Å²) in [4.78, 5) is 46.6. The second-order valence-electron chi connectivity index (χ2n) is 5.43. The molecule has 0 unspecified atom stereocenters. The molecule has 2 aliphatic rings. The van der Waals surface area contributed by atoms with Gasteiger partial charge in [0.1, 0.15) is 5.69 Å². The van der Waals surface area contributed by atoms with Crippen molar-refractivity contribution in [3.8, 4) is 0 Å². The van der Waals surface area contributed by atoms with E-state index in [1.165, 1.54) is 11.1 Å². The maximum Gasteiger partial charge on any atom is 0.417 e. The van der Waals surface area contributed by atoms with Crippen LogP contribution in [0, 0.1) is 0 Å². The lowest BCUT2D eigenvalue weighted by Gasteiger charge is -2.41. The lowest BCUT2D eigenvalue weighted by Crippen LogP contribution is -2.62. The van der Waals surface area contributed by atoms with Crippen molar-refractivity contribution in [1.29, 1.82) is 0 Å². The standard InChI is InChI=1S/C15H12N4O4/c20-13-8-23-15(22)19(13)9-6-18(7-9)14(21)12-5-16-10-3-1-2-4-11(10)17-12/h1-5,9H,6-8H2. The highest BCUT2D eigenvalue weighted by Crippen LogP contribution is 2.21. The first kappa shape index (κ1) is 13.6. The molecule has 8 nitrogen and oxygen atoms in total. The van der Waals surface area contributed by atoms with Crippen molar-refractivity contribution in [1.82, 2.24) is 19.8 Å². The highest BCUT2D eigenvalue weighted by molar-refractivity contribution is 5.99. The minimum Gasteiger partial charge on any atom is -0.439 e. The fraction of sp³-hybridized carbons (Fsp3) is 0.267. The molecule has 0 saturated carbocycles. The van der Waals surface area contributed by atoms with Gasteiger partial charge in [-0.05, 0) is 12.1 Å². The van der Waals surface area contributed by atoms with Crippen molar-refractivity contribution >= 4 is 28.9 Å². The molecule has 0 aliphatic carbocycles. The minimum atomic E-state index is -0.641. The number of rotatable bonds is 2. The van der Waals surface area contributed by atoms with E-state index in [9.17, 15) is 14.4 Å². The monoisotopic (exact) mass is 312 g/mol. The van der Waals surface area contributed by atoms with E-state index in [0.717, 1.165) is 10.4 Å². The van der Waals surface area contributed by atoms with Crippen LogP contribution in [-0.2, 0) is 9.53 Å². The molecule has 1 aromatic heterocycles. The van der Waals surface area contributed by atoms with E-state index < -0.39 is 6.09 Å². The van der Waals surface area contributed by atoms with Crippen LogP contribution in [0.15, 0.2) is 30.5 Å². The SMILES string of the molecule is O=C(c1cnc2ccccc2n1)N1CC(N2C(=O)COC2=O)C1. The van der Waals surface area contributed by atoms with Gasteiger partial charge in [-0.2, -0.15) is 0 Å². The van der Waals surface area contributed by atoms with Gasteiger partial charge in [0.2, 0.25) is 0 Å². The second-order valence-corrected chi connectivity index (χ2v) is 5.43. The molecule has 2 aromatic rings. The summed E-state index contributed by atoms with van der Waals surface area (Å²) in [6, 6.07) is 6.97. The Kier molecular flexibility index (Phi) is 2.97. The number of aromatic nitrogens is 2. The zero-order valence-electron chi connectivity index (χ0n) is 12.0. The molecular weight excluding hydrogens is 300 g/mol. The summed E-state index contributed by atoms with van der Waals surface area (Å²) < 4.78 is 4.67. The van der Waals surface area contributed by atoms with Crippen molar-refractivity contribution < 1.29 is 19.1 Å². The molecule has 0 N–H and O–H groups in total. The Balaban J connectivity index is 1.48. The summed E-state index contributed by atoms with van der Waals surface area (Å²) in [5.74, 6) is -0.628. The van der Waals surface area contributed by atoms with Gasteiger partial charge in [0.05, 0.1) is 23.3 Å². The number of carbonyl (C=O) groups is 3. The highest BCUT2D eigenvalue weighted by atomic mass is 16.6. The summed E-state index contributed by atoms with van der Waals surface area (Å²) in [5, 5.41) is 0. The third kappa shape index (κ3) is 2.19. The molecule has 2 fully saturated rings. The molecule has 8 heteroatoms. The topological polar surface area (TPSA) is 92.7 Å². The van der Waals surface area contributed by atoms with Gasteiger partial charge in [-0.1, -0.05) is 12.1 Å². The zero-order chi connectivity index (χ0) is 16.0. The van der Waals surface area contributed by atoms with Gasteiger partial charge >= 0.3 is 6.09 Å². The summed E-state index contributed by atoms with van der Waals surface area (Å²) in [6.45, 7) is 0.349. The average Bonchev–Trinajstić information content (AvgIpc) is 2.85. The number of imide groups is 1. The van der Waals surface area contributed by atoms with E-state index in [-0.39, 0.29) is 43.2 Å². The average molecular weight is 312 g/mol. The third-order valence-electron chi connectivity index (χ3n) is 3.97. The number of carbonyl (C=O) groups excluding carboxylic acids is 3. The van der Waals surface area contributed by atoms with E-state index in [2.05, 4.69) is 14.7 Å². The van der Waals surface area contributed by atoms with Crippen LogP contribution in [0.1, 0.15) is 10.5 Å². The quantitative estimate of drug-likeness (QED) is 0.798. The first-order valence-electron chi connectivity index (χ1n) is 7.13. The Morgan fingerprint density at radius 3 is 2.61 bits per heavy atom. The summed E-state index contributed by atoms with van der Waals surface area (Å²) >= 11 is 0. The number of hydrogen-bond acceptors (Lipinski definition) is 6. The van der Waals surface area contributed by atoms with Crippen molar-refractivity contribution in [2.45, 2.75) is 6.04 Å².